The Hall–Kier alpha value is -1.95. The zero-order valence-corrected chi connectivity index (χ0v) is 10.7. The van der Waals surface area contributed by atoms with Gasteiger partial charge in [0.2, 0.25) is 0 Å². The Morgan fingerprint density at radius 2 is 2.11 bits per heavy atom. The second kappa shape index (κ2) is 6.70. The molecule has 0 aliphatic heterocycles. The number of oxime groups is 1. The van der Waals surface area contributed by atoms with E-state index in [1.54, 1.807) is 25.3 Å². The van der Waals surface area contributed by atoms with Gasteiger partial charge in [-0.15, -0.1) is 0 Å². The van der Waals surface area contributed by atoms with Crippen LogP contribution in [0.3, 0.4) is 0 Å². The minimum absolute atomic E-state index is 0.0183. The molecule has 3 N–H and O–H groups in total. The Morgan fingerprint density at radius 1 is 1.39 bits per heavy atom. The summed E-state index contributed by atoms with van der Waals surface area (Å²) in [7, 11) is 3.14. The second-order valence-electron chi connectivity index (χ2n) is 3.73. The Labute approximate surface area is 106 Å². The lowest BCUT2D eigenvalue weighted by Gasteiger charge is -2.16. The lowest BCUT2D eigenvalue weighted by atomic mass is 10.2. The van der Waals surface area contributed by atoms with Crippen LogP contribution in [0, 0.1) is 0 Å². The second-order valence-corrected chi connectivity index (χ2v) is 3.73. The van der Waals surface area contributed by atoms with Gasteiger partial charge in [-0.2, -0.15) is 0 Å². The molecule has 0 spiro atoms. The number of amidine groups is 1. The first-order chi connectivity index (χ1) is 8.62. The number of ether oxygens (including phenoxy) is 3. The zero-order chi connectivity index (χ0) is 13.5. The van der Waals surface area contributed by atoms with Gasteiger partial charge in [-0.3, -0.25) is 0 Å². The Bertz CT molecular complexity index is 421. The molecule has 1 aromatic carbocycles. The molecule has 0 radical (unpaired) electrons. The highest BCUT2D eigenvalue weighted by molar-refractivity contribution is 5.97. The van der Waals surface area contributed by atoms with E-state index >= 15 is 0 Å². The van der Waals surface area contributed by atoms with Crippen molar-refractivity contribution in [3.63, 3.8) is 0 Å². The highest BCUT2D eigenvalue weighted by Gasteiger charge is 2.11. The van der Waals surface area contributed by atoms with Crippen LogP contribution in [0.25, 0.3) is 0 Å². The maximum atomic E-state index is 8.61. The highest BCUT2D eigenvalue weighted by atomic mass is 16.5. The first kappa shape index (κ1) is 14.1. The van der Waals surface area contributed by atoms with Crippen LogP contribution in [0.2, 0.25) is 0 Å². The van der Waals surface area contributed by atoms with Gasteiger partial charge in [0.1, 0.15) is 6.10 Å². The maximum Gasteiger partial charge on any atom is 0.170 e. The van der Waals surface area contributed by atoms with Crippen molar-refractivity contribution in [2.24, 2.45) is 10.9 Å². The molecule has 0 aliphatic rings. The molecule has 6 nitrogen and oxygen atoms in total. The van der Waals surface area contributed by atoms with Crippen LogP contribution in [-0.4, -0.2) is 38.0 Å². The molecule has 1 atom stereocenters. The SMILES string of the molecule is COCC(C)Oc1ccc(C(N)=NO)cc1OC. The summed E-state index contributed by atoms with van der Waals surface area (Å²) in [4.78, 5) is 0. The fourth-order valence-corrected chi connectivity index (χ4v) is 1.47. The lowest BCUT2D eigenvalue weighted by Crippen LogP contribution is -2.19. The minimum Gasteiger partial charge on any atom is -0.493 e. The summed E-state index contributed by atoms with van der Waals surface area (Å²) in [6.45, 7) is 2.37. The number of rotatable bonds is 6. The van der Waals surface area contributed by atoms with Gasteiger partial charge >= 0.3 is 0 Å². The van der Waals surface area contributed by atoms with E-state index in [0.717, 1.165) is 0 Å². The third-order valence-electron chi connectivity index (χ3n) is 2.30. The number of methoxy groups -OCH3 is 2. The minimum atomic E-state index is -0.0985. The standard InChI is InChI=1S/C12H18N2O4/c1-8(7-16-2)18-10-5-4-9(12(13)14-15)6-11(10)17-3/h4-6,8,15H,7H2,1-3H3,(H2,13,14). The van der Waals surface area contributed by atoms with E-state index in [0.29, 0.717) is 23.7 Å². The van der Waals surface area contributed by atoms with Gasteiger partial charge in [-0.25, -0.2) is 0 Å². The van der Waals surface area contributed by atoms with Gasteiger partial charge in [0.25, 0.3) is 0 Å². The fourth-order valence-electron chi connectivity index (χ4n) is 1.47. The van der Waals surface area contributed by atoms with E-state index in [1.807, 2.05) is 6.92 Å². The summed E-state index contributed by atoms with van der Waals surface area (Å²) in [5.74, 6) is 1.11. The van der Waals surface area contributed by atoms with Crippen molar-refractivity contribution in [1.82, 2.24) is 0 Å². The summed E-state index contributed by atoms with van der Waals surface area (Å²) in [6, 6.07) is 5.04. The van der Waals surface area contributed by atoms with Crippen molar-refractivity contribution in [1.29, 1.82) is 0 Å². The molecule has 1 unspecified atom stereocenters. The van der Waals surface area contributed by atoms with Crippen molar-refractivity contribution in [2.75, 3.05) is 20.8 Å². The summed E-state index contributed by atoms with van der Waals surface area (Å²) in [6.07, 6.45) is -0.0985. The first-order valence-corrected chi connectivity index (χ1v) is 5.44. The van der Waals surface area contributed by atoms with Crippen LogP contribution in [0.5, 0.6) is 11.5 Å². The molecule has 18 heavy (non-hydrogen) atoms. The summed E-state index contributed by atoms with van der Waals surface area (Å²) >= 11 is 0. The average Bonchev–Trinajstić information content (AvgIpc) is 2.38. The predicted molar refractivity (Wildman–Crippen MR) is 67.5 cm³/mol. The van der Waals surface area contributed by atoms with E-state index in [-0.39, 0.29) is 11.9 Å². The Kier molecular flexibility index (Phi) is 5.26. The van der Waals surface area contributed by atoms with Crippen LogP contribution in [0.4, 0.5) is 0 Å². The molecule has 0 saturated carbocycles. The normalized spacial score (nSPS) is 13.2. The molecule has 0 amide bonds. The molecule has 0 fully saturated rings. The van der Waals surface area contributed by atoms with Crippen molar-refractivity contribution in [3.05, 3.63) is 23.8 Å². The molecular formula is C12H18N2O4. The monoisotopic (exact) mass is 254 g/mol. The molecule has 100 valence electrons. The van der Waals surface area contributed by atoms with Gasteiger partial charge in [0.05, 0.1) is 13.7 Å². The first-order valence-electron chi connectivity index (χ1n) is 5.44. The largest absolute Gasteiger partial charge is 0.493 e. The van der Waals surface area contributed by atoms with Crippen LogP contribution in [0.15, 0.2) is 23.4 Å². The van der Waals surface area contributed by atoms with E-state index in [4.69, 9.17) is 25.2 Å². The van der Waals surface area contributed by atoms with Gasteiger partial charge in [-0.1, -0.05) is 5.16 Å². The average molecular weight is 254 g/mol. The van der Waals surface area contributed by atoms with Gasteiger partial charge in [0, 0.05) is 12.7 Å². The van der Waals surface area contributed by atoms with Crippen LogP contribution < -0.4 is 15.2 Å². The third kappa shape index (κ3) is 3.53. The number of nitrogens with two attached hydrogens (primary N) is 1. The molecule has 1 aromatic rings. The Morgan fingerprint density at radius 3 is 2.67 bits per heavy atom. The summed E-state index contributed by atoms with van der Waals surface area (Å²) < 4.78 is 15.8. The van der Waals surface area contributed by atoms with Crippen LogP contribution >= 0.6 is 0 Å². The van der Waals surface area contributed by atoms with Gasteiger partial charge in [0.15, 0.2) is 17.3 Å². The van der Waals surface area contributed by atoms with E-state index in [1.165, 1.54) is 7.11 Å². The number of nitrogens with zero attached hydrogens (tertiary/aromatic N) is 1. The van der Waals surface area contributed by atoms with Crippen LogP contribution in [0.1, 0.15) is 12.5 Å². The lowest BCUT2D eigenvalue weighted by molar-refractivity contribution is 0.0900. The number of hydrogen-bond donors (Lipinski definition) is 2. The van der Waals surface area contributed by atoms with Gasteiger partial charge < -0.3 is 25.2 Å². The topological polar surface area (TPSA) is 86.3 Å². The van der Waals surface area contributed by atoms with Gasteiger partial charge in [-0.05, 0) is 25.1 Å². The molecular weight excluding hydrogens is 236 g/mol. The molecule has 0 bridgehead atoms. The predicted octanol–water partition coefficient (Wildman–Crippen LogP) is 1.20. The molecule has 1 rings (SSSR count). The summed E-state index contributed by atoms with van der Waals surface area (Å²) in [5.41, 5.74) is 6.06. The van der Waals surface area contributed by atoms with Crippen LogP contribution in [-0.2, 0) is 4.74 Å². The smallest absolute Gasteiger partial charge is 0.170 e. The van der Waals surface area contributed by atoms with Crippen molar-refractivity contribution < 1.29 is 19.4 Å². The molecule has 0 saturated heterocycles. The third-order valence-corrected chi connectivity index (χ3v) is 2.30. The highest BCUT2D eigenvalue weighted by Crippen LogP contribution is 2.28. The zero-order valence-electron chi connectivity index (χ0n) is 10.7. The van der Waals surface area contributed by atoms with Crippen molar-refractivity contribution in [3.8, 4) is 11.5 Å². The number of hydrogen-bond acceptors (Lipinski definition) is 5. The van der Waals surface area contributed by atoms with Crippen molar-refractivity contribution in [2.45, 2.75) is 13.0 Å². The summed E-state index contributed by atoms with van der Waals surface area (Å²) in [5, 5.41) is 11.5. The quantitative estimate of drug-likeness (QED) is 0.345. The molecule has 0 aliphatic carbocycles. The Balaban J connectivity index is 2.93. The fraction of sp³-hybridized carbons (Fsp3) is 0.417. The molecule has 0 aromatic heterocycles. The van der Waals surface area contributed by atoms with E-state index in [9.17, 15) is 0 Å². The number of benzene rings is 1. The van der Waals surface area contributed by atoms with Crippen molar-refractivity contribution >= 4 is 5.84 Å². The maximum absolute atomic E-state index is 8.61. The van der Waals surface area contributed by atoms with E-state index < -0.39 is 0 Å². The van der Waals surface area contributed by atoms with E-state index in [2.05, 4.69) is 5.16 Å². The molecule has 0 heterocycles. The molecule has 6 heteroatoms.